The summed E-state index contributed by atoms with van der Waals surface area (Å²) in [5, 5.41) is 9.02. The zero-order chi connectivity index (χ0) is 11.4. The first-order valence-corrected chi connectivity index (χ1v) is 5.54. The number of hydrogen-bond donors (Lipinski definition) is 1. The molecule has 0 aliphatic rings. The van der Waals surface area contributed by atoms with Crippen molar-refractivity contribution in [2.45, 2.75) is 0 Å². The number of rotatable bonds is 4. The Labute approximate surface area is 97.4 Å². The molecule has 0 atom stereocenters. The van der Waals surface area contributed by atoms with E-state index in [9.17, 15) is 0 Å². The number of nitrogens with two attached hydrogens (primary N) is 1. The highest BCUT2D eigenvalue weighted by atomic mass is 32.1. The molecule has 0 bridgehead atoms. The van der Waals surface area contributed by atoms with Gasteiger partial charge < -0.3 is 10.5 Å². The van der Waals surface area contributed by atoms with Gasteiger partial charge in [0, 0.05) is 5.56 Å². The van der Waals surface area contributed by atoms with Crippen LogP contribution in [0.15, 0.2) is 36.9 Å². The zero-order valence-corrected chi connectivity index (χ0v) is 9.41. The number of benzene rings is 1. The average molecular weight is 233 g/mol. The summed E-state index contributed by atoms with van der Waals surface area (Å²) in [7, 11) is 0. The second-order valence-electron chi connectivity index (χ2n) is 3.07. The normalized spacial score (nSPS) is 10.0. The molecule has 2 rings (SSSR count). The highest BCUT2D eigenvalue weighted by Crippen LogP contribution is 2.26. The van der Waals surface area contributed by atoms with Gasteiger partial charge in [0.25, 0.3) is 0 Å². The van der Waals surface area contributed by atoms with Gasteiger partial charge >= 0.3 is 0 Å². The van der Waals surface area contributed by atoms with E-state index in [4.69, 9.17) is 10.5 Å². The number of anilines is 1. The van der Waals surface area contributed by atoms with Crippen LogP contribution in [0.1, 0.15) is 0 Å². The summed E-state index contributed by atoms with van der Waals surface area (Å²) in [5.41, 5.74) is 6.51. The molecule has 0 fully saturated rings. The van der Waals surface area contributed by atoms with Gasteiger partial charge in [-0.1, -0.05) is 24.0 Å². The standard InChI is InChI=1S/C11H11N3OS/c1-2-7-15-9-5-3-8(4-6-9)10-13-14-11(12)16-10/h2-6H,1,7H2,(H2,12,14). The largest absolute Gasteiger partial charge is 0.490 e. The first kappa shape index (κ1) is 10.6. The highest BCUT2D eigenvalue weighted by Gasteiger charge is 2.04. The van der Waals surface area contributed by atoms with Gasteiger partial charge in [0.2, 0.25) is 5.13 Å². The highest BCUT2D eigenvalue weighted by molar-refractivity contribution is 7.18. The molecule has 0 radical (unpaired) electrons. The minimum absolute atomic E-state index is 0.474. The Kier molecular flexibility index (Phi) is 3.16. The molecule has 1 heterocycles. The van der Waals surface area contributed by atoms with Crippen molar-refractivity contribution >= 4 is 16.5 Å². The van der Waals surface area contributed by atoms with E-state index in [0.717, 1.165) is 16.3 Å². The molecule has 0 unspecified atom stereocenters. The number of nitrogens with zero attached hydrogens (tertiary/aromatic N) is 2. The fourth-order valence-corrected chi connectivity index (χ4v) is 1.82. The van der Waals surface area contributed by atoms with E-state index >= 15 is 0 Å². The molecule has 5 heteroatoms. The second kappa shape index (κ2) is 4.76. The van der Waals surface area contributed by atoms with E-state index in [1.165, 1.54) is 11.3 Å². The zero-order valence-electron chi connectivity index (χ0n) is 8.59. The van der Waals surface area contributed by atoms with E-state index in [-0.39, 0.29) is 0 Å². The first-order chi connectivity index (χ1) is 7.79. The topological polar surface area (TPSA) is 61.0 Å². The van der Waals surface area contributed by atoms with Crippen LogP contribution in [0.3, 0.4) is 0 Å². The van der Waals surface area contributed by atoms with Crippen molar-refractivity contribution in [2.24, 2.45) is 0 Å². The Morgan fingerprint density at radius 1 is 1.31 bits per heavy atom. The molecule has 2 aromatic rings. The molecule has 0 aliphatic carbocycles. The summed E-state index contributed by atoms with van der Waals surface area (Å²) in [4.78, 5) is 0. The fraction of sp³-hybridized carbons (Fsp3) is 0.0909. The third kappa shape index (κ3) is 2.38. The van der Waals surface area contributed by atoms with Crippen LogP contribution in [0.5, 0.6) is 5.75 Å². The van der Waals surface area contributed by atoms with Crippen LogP contribution in [0, 0.1) is 0 Å². The molecular weight excluding hydrogens is 222 g/mol. The van der Waals surface area contributed by atoms with E-state index in [0.29, 0.717) is 11.7 Å². The Balaban J connectivity index is 2.15. The van der Waals surface area contributed by atoms with Gasteiger partial charge in [-0.2, -0.15) is 0 Å². The van der Waals surface area contributed by atoms with Gasteiger partial charge in [-0.15, -0.1) is 10.2 Å². The minimum atomic E-state index is 0.474. The lowest BCUT2D eigenvalue weighted by molar-refractivity contribution is 0.363. The van der Waals surface area contributed by atoms with E-state index in [1.807, 2.05) is 24.3 Å². The number of ether oxygens (including phenoxy) is 1. The second-order valence-corrected chi connectivity index (χ2v) is 4.08. The lowest BCUT2D eigenvalue weighted by atomic mass is 10.2. The van der Waals surface area contributed by atoms with Crippen LogP contribution in [-0.2, 0) is 0 Å². The van der Waals surface area contributed by atoms with Crippen molar-refractivity contribution in [3.8, 4) is 16.3 Å². The Bertz CT molecular complexity index is 478. The Hall–Kier alpha value is -1.88. The van der Waals surface area contributed by atoms with Crippen LogP contribution in [0.25, 0.3) is 10.6 Å². The van der Waals surface area contributed by atoms with Crippen LogP contribution < -0.4 is 10.5 Å². The number of nitrogen functional groups attached to an aromatic ring is 1. The van der Waals surface area contributed by atoms with Crippen molar-refractivity contribution in [3.63, 3.8) is 0 Å². The van der Waals surface area contributed by atoms with Crippen LogP contribution in [0.4, 0.5) is 5.13 Å². The summed E-state index contributed by atoms with van der Waals surface area (Å²) in [6.07, 6.45) is 1.71. The molecule has 1 aromatic heterocycles. The lowest BCUT2D eigenvalue weighted by Gasteiger charge is -2.02. The fourth-order valence-electron chi connectivity index (χ4n) is 1.20. The van der Waals surface area contributed by atoms with E-state index < -0.39 is 0 Å². The molecule has 0 saturated heterocycles. The van der Waals surface area contributed by atoms with Crippen molar-refractivity contribution in [1.82, 2.24) is 10.2 Å². The Morgan fingerprint density at radius 2 is 2.06 bits per heavy atom. The van der Waals surface area contributed by atoms with Crippen molar-refractivity contribution < 1.29 is 4.74 Å². The molecule has 2 N–H and O–H groups in total. The summed E-state index contributed by atoms with van der Waals surface area (Å²) in [6, 6.07) is 7.63. The lowest BCUT2D eigenvalue weighted by Crippen LogP contribution is -1.91. The summed E-state index contributed by atoms with van der Waals surface area (Å²) >= 11 is 1.36. The van der Waals surface area contributed by atoms with Crippen LogP contribution in [0.2, 0.25) is 0 Å². The Morgan fingerprint density at radius 3 is 2.62 bits per heavy atom. The maximum absolute atomic E-state index is 5.52. The van der Waals surface area contributed by atoms with Crippen molar-refractivity contribution in [3.05, 3.63) is 36.9 Å². The molecule has 82 valence electrons. The van der Waals surface area contributed by atoms with Gasteiger partial charge in [-0.3, -0.25) is 0 Å². The van der Waals surface area contributed by atoms with Crippen LogP contribution >= 0.6 is 11.3 Å². The van der Waals surface area contributed by atoms with Crippen LogP contribution in [-0.4, -0.2) is 16.8 Å². The van der Waals surface area contributed by atoms with Gasteiger partial charge in [0.1, 0.15) is 17.4 Å². The van der Waals surface area contributed by atoms with E-state index in [2.05, 4.69) is 16.8 Å². The molecular formula is C11H11N3OS. The maximum atomic E-state index is 5.52. The molecule has 0 amide bonds. The minimum Gasteiger partial charge on any atom is -0.490 e. The average Bonchev–Trinajstić information content (AvgIpc) is 2.74. The molecule has 0 spiro atoms. The maximum Gasteiger partial charge on any atom is 0.203 e. The molecule has 0 aliphatic heterocycles. The molecule has 0 saturated carbocycles. The number of aromatic nitrogens is 2. The summed E-state index contributed by atoms with van der Waals surface area (Å²) < 4.78 is 5.38. The third-order valence-corrected chi connectivity index (χ3v) is 2.71. The van der Waals surface area contributed by atoms with Crippen molar-refractivity contribution in [1.29, 1.82) is 0 Å². The predicted molar refractivity (Wildman–Crippen MR) is 65.4 cm³/mol. The van der Waals surface area contributed by atoms with Gasteiger partial charge in [0.05, 0.1) is 0 Å². The summed E-state index contributed by atoms with van der Waals surface area (Å²) in [5.74, 6) is 0.807. The SMILES string of the molecule is C=CCOc1ccc(-c2nnc(N)s2)cc1. The third-order valence-electron chi connectivity index (χ3n) is 1.91. The molecule has 4 nitrogen and oxygen atoms in total. The van der Waals surface area contributed by atoms with E-state index in [1.54, 1.807) is 6.08 Å². The monoisotopic (exact) mass is 233 g/mol. The first-order valence-electron chi connectivity index (χ1n) is 4.72. The van der Waals surface area contributed by atoms with Gasteiger partial charge in [-0.25, -0.2) is 0 Å². The smallest absolute Gasteiger partial charge is 0.203 e. The predicted octanol–water partition coefficient (Wildman–Crippen LogP) is 2.35. The van der Waals surface area contributed by atoms with Gasteiger partial charge in [-0.05, 0) is 24.3 Å². The number of hydrogen-bond acceptors (Lipinski definition) is 5. The summed E-state index contributed by atoms with van der Waals surface area (Å²) in [6.45, 7) is 4.09. The molecule has 1 aromatic carbocycles. The van der Waals surface area contributed by atoms with Gasteiger partial charge in [0.15, 0.2) is 0 Å². The quantitative estimate of drug-likeness (QED) is 0.823. The molecule has 16 heavy (non-hydrogen) atoms. The van der Waals surface area contributed by atoms with Crippen molar-refractivity contribution in [2.75, 3.05) is 12.3 Å².